The van der Waals surface area contributed by atoms with Gasteiger partial charge in [-0.3, -0.25) is 9.59 Å². The minimum atomic E-state index is -0.449. The normalized spacial score (nSPS) is 9.62. The molecule has 0 atom stereocenters. The van der Waals surface area contributed by atoms with E-state index in [2.05, 4.69) is 22.1 Å². The molecule has 0 radical (unpaired) electrons. The summed E-state index contributed by atoms with van der Waals surface area (Å²) in [7, 11) is 0. The first-order chi connectivity index (χ1) is 10.1. The van der Waals surface area contributed by atoms with Crippen LogP contribution in [0.2, 0.25) is 5.02 Å². The van der Waals surface area contributed by atoms with Gasteiger partial charge in [-0.25, -0.2) is 0 Å². The van der Waals surface area contributed by atoms with E-state index in [1.807, 2.05) is 0 Å². The van der Waals surface area contributed by atoms with Crippen molar-refractivity contribution in [1.29, 1.82) is 0 Å². The van der Waals surface area contributed by atoms with Gasteiger partial charge in [-0.05, 0) is 24.3 Å². The van der Waals surface area contributed by atoms with E-state index in [1.165, 1.54) is 18.3 Å². The van der Waals surface area contributed by atoms with Gasteiger partial charge in [-0.15, -0.1) is 0 Å². The van der Waals surface area contributed by atoms with E-state index < -0.39 is 5.91 Å². The summed E-state index contributed by atoms with van der Waals surface area (Å²) in [6.07, 6.45) is 1.39. The zero-order valence-electron chi connectivity index (χ0n) is 10.8. The van der Waals surface area contributed by atoms with Gasteiger partial charge in [0.2, 0.25) is 5.56 Å². The summed E-state index contributed by atoms with van der Waals surface area (Å²) >= 11 is 5.90. The van der Waals surface area contributed by atoms with Crippen molar-refractivity contribution in [2.75, 3.05) is 11.9 Å². The molecule has 5 nitrogen and oxygen atoms in total. The number of pyridine rings is 1. The van der Waals surface area contributed by atoms with Crippen molar-refractivity contribution in [3.8, 4) is 11.8 Å². The van der Waals surface area contributed by atoms with Crippen molar-refractivity contribution in [1.82, 2.24) is 4.98 Å². The van der Waals surface area contributed by atoms with E-state index >= 15 is 0 Å². The second-order valence-electron chi connectivity index (χ2n) is 4.05. The SMILES string of the molecule is O=C(Nc1cc(Cl)ccc1C#CCO)c1cc[nH]c(=O)c1. The maximum absolute atomic E-state index is 12.1. The van der Waals surface area contributed by atoms with Crippen LogP contribution in [-0.2, 0) is 0 Å². The smallest absolute Gasteiger partial charge is 0.255 e. The van der Waals surface area contributed by atoms with E-state index in [1.54, 1.807) is 18.2 Å². The molecule has 0 saturated carbocycles. The Morgan fingerprint density at radius 2 is 2.14 bits per heavy atom. The lowest BCUT2D eigenvalue weighted by Gasteiger charge is -2.08. The average molecular weight is 303 g/mol. The molecule has 0 saturated heterocycles. The van der Waals surface area contributed by atoms with Crippen molar-refractivity contribution < 1.29 is 9.90 Å². The van der Waals surface area contributed by atoms with Crippen LogP contribution < -0.4 is 10.9 Å². The maximum atomic E-state index is 12.1. The lowest BCUT2D eigenvalue weighted by atomic mass is 10.1. The molecule has 1 aromatic carbocycles. The summed E-state index contributed by atoms with van der Waals surface area (Å²) < 4.78 is 0. The first kappa shape index (κ1) is 14.9. The average Bonchev–Trinajstić information content (AvgIpc) is 2.46. The van der Waals surface area contributed by atoms with E-state index in [0.717, 1.165) is 0 Å². The lowest BCUT2D eigenvalue weighted by Crippen LogP contribution is -2.16. The number of hydrogen-bond donors (Lipinski definition) is 3. The molecule has 3 N–H and O–H groups in total. The fourth-order valence-electron chi connectivity index (χ4n) is 1.64. The van der Waals surface area contributed by atoms with E-state index in [9.17, 15) is 9.59 Å². The van der Waals surface area contributed by atoms with Crippen LogP contribution in [0.15, 0.2) is 41.3 Å². The predicted octanol–water partition coefficient (Wildman–Crippen LogP) is 1.62. The number of amides is 1. The number of halogens is 1. The number of rotatable bonds is 2. The highest BCUT2D eigenvalue weighted by Crippen LogP contribution is 2.21. The Morgan fingerprint density at radius 1 is 1.33 bits per heavy atom. The van der Waals surface area contributed by atoms with Crippen molar-refractivity contribution in [3.63, 3.8) is 0 Å². The molecular formula is C15H11ClN2O3. The third kappa shape index (κ3) is 3.96. The van der Waals surface area contributed by atoms with Gasteiger partial charge in [0, 0.05) is 28.4 Å². The maximum Gasteiger partial charge on any atom is 0.255 e. The minimum Gasteiger partial charge on any atom is -0.384 e. The number of carbonyl (C=O) groups excluding carboxylic acids is 1. The molecule has 0 spiro atoms. The number of benzene rings is 1. The summed E-state index contributed by atoms with van der Waals surface area (Å²) in [4.78, 5) is 25.7. The van der Waals surface area contributed by atoms with Crippen LogP contribution >= 0.6 is 11.6 Å². The summed E-state index contributed by atoms with van der Waals surface area (Å²) in [5, 5.41) is 11.8. The molecule has 1 aromatic heterocycles. The van der Waals surface area contributed by atoms with Gasteiger partial charge < -0.3 is 15.4 Å². The molecule has 2 rings (SSSR count). The Labute approximate surface area is 125 Å². The molecule has 0 aliphatic carbocycles. The Morgan fingerprint density at radius 3 is 2.86 bits per heavy atom. The molecular weight excluding hydrogens is 292 g/mol. The zero-order valence-corrected chi connectivity index (χ0v) is 11.6. The Hall–Kier alpha value is -2.55. The molecule has 0 unspecified atom stereocenters. The number of aromatic amines is 1. The summed E-state index contributed by atoms with van der Waals surface area (Å²) in [5.41, 5.74) is 0.786. The van der Waals surface area contributed by atoms with Gasteiger partial charge in [-0.1, -0.05) is 23.4 Å². The van der Waals surface area contributed by atoms with E-state index in [4.69, 9.17) is 16.7 Å². The van der Waals surface area contributed by atoms with Crippen molar-refractivity contribution in [2.45, 2.75) is 0 Å². The third-order valence-corrected chi connectivity index (χ3v) is 2.80. The highest BCUT2D eigenvalue weighted by atomic mass is 35.5. The number of aromatic nitrogens is 1. The minimum absolute atomic E-state index is 0.222. The van der Waals surface area contributed by atoms with Gasteiger partial charge in [0.25, 0.3) is 5.91 Å². The molecule has 0 aliphatic rings. The van der Waals surface area contributed by atoms with Crippen LogP contribution in [0.4, 0.5) is 5.69 Å². The summed E-state index contributed by atoms with van der Waals surface area (Å²) in [6, 6.07) is 7.50. The zero-order chi connectivity index (χ0) is 15.2. The fraction of sp³-hybridized carbons (Fsp3) is 0.0667. The predicted molar refractivity (Wildman–Crippen MR) is 80.4 cm³/mol. The van der Waals surface area contributed by atoms with E-state index in [-0.39, 0.29) is 17.7 Å². The van der Waals surface area contributed by atoms with Gasteiger partial charge >= 0.3 is 0 Å². The number of hydrogen-bond acceptors (Lipinski definition) is 3. The van der Waals surface area contributed by atoms with E-state index in [0.29, 0.717) is 16.3 Å². The Bertz CT molecular complexity index is 787. The van der Waals surface area contributed by atoms with Gasteiger partial charge in [0.05, 0.1) is 5.69 Å². The van der Waals surface area contributed by atoms with Gasteiger partial charge in [0.15, 0.2) is 0 Å². The van der Waals surface area contributed by atoms with Crippen LogP contribution in [0, 0.1) is 11.8 Å². The standard InChI is InChI=1S/C15H11ClN2O3/c16-12-4-3-10(2-1-7-19)13(9-12)18-15(21)11-5-6-17-14(20)8-11/h3-6,8-9,19H,7H2,(H,17,20)(H,18,21). The molecule has 2 aromatic rings. The quantitative estimate of drug-likeness (QED) is 0.737. The van der Waals surface area contributed by atoms with Crippen LogP contribution in [0.3, 0.4) is 0 Å². The second-order valence-corrected chi connectivity index (χ2v) is 4.48. The van der Waals surface area contributed by atoms with Crippen LogP contribution in [-0.4, -0.2) is 22.6 Å². The monoisotopic (exact) mass is 302 g/mol. The number of aliphatic hydroxyl groups excluding tert-OH is 1. The molecule has 0 bridgehead atoms. The lowest BCUT2D eigenvalue weighted by molar-refractivity contribution is 0.102. The molecule has 106 valence electrons. The number of carbonyl (C=O) groups is 1. The first-order valence-electron chi connectivity index (χ1n) is 5.99. The van der Waals surface area contributed by atoms with Crippen molar-refractivity contribution >= 4 is 23.2 Å². The fourth-order valence-corrected chi connectivity index (χ4v) is 1.82. The third-order valence-electron chi connectivity index (χ3n) is 2.57. The first-order valence-corrected chi connectivity index (χ1v) is 6.37. The Kier molecular flexibility index (Phi) is 4.77. The molecule has 0 aliphatic heterocycles. The number of aliphatic hydroxyl groups is 1. The van der Waals surface area contributed by atoms with Crippen LogP contribution in [0.25, 0.3) is 0 Å². The molecule has 1 heterocycles. The molecule has 6 heteroatoms. The van der Waals surface area contributed by atoms with Gasteiger partial charge in [0.1, 0.15) is 6.61 Å². The molecule has 21 heavy (non-hydrogen) atoms. The van der Waals surface area contributed by atoms with Crippen molar-refractivity contribution in [3.05, 3.63) is 63.0 Å². The van der Waals surface area contributed by atoms with Crippen LogP contribution in [0.1, 0.15) is 15.9 Å². The number of anilines is 1. The molecule has 0 fully saturated rings. The largest absolute Gasteiger partial charge is 0.384 e. The topological polar surface area (TPSA) is 82.2 Å². The van der Waals surface area contributed by atoms with Crippen molar-refractivity contribution in [2.24, 2.45) is 0 Å². The number of nitrogens with one attached hydrogen (secondary N) is 2. The number of H-pyrrole nitrogens is 1. The molecule has 1 amide bonds. The van der Waals surface area contributed by atoms with Crippen LogP contribution in [0.5, 0.6) is 0 Å². The summed E-state index contributed by atoms with van der Waals surface area (Å²) in [5.74, 6) is 4.77. The Balaban J connectivity index is 2.32. The van der Waals surface area contributed by atoms with Gasteiger partial charge in [-0.2, -0.15) is 0 Å². The highest BCUT2D eigenvalue weighted by molar-refractivity contribution is 6.31. The second kappa shape index (κ2) is 6.75. The summed E-state index contributed by atoms with van der Waals surface area (Å²) in [6.45, 7) is -0.288. The highest BCUT2D eigenvalue weighted by Gasteiger charge is 2.09.